The molecule has 0 spiro atoms. The molecule has 0 aromatic heterocycles. The predicted molar refractivity (Wildman–Crippen MR) is 43.1 cm³/mol. The highest BCUT2D eigenvalue weighted by atomic mass is 35.5. The molecule has 2 heteroatoms. The van der Waals surface area contributed by atoms with Crippen LogP contribution >= 0.6 is 12.4 Å². The van der Waals surface area contributed by atoms with Gasteiger partial charge in [0.25, 0.3) is 0 Å². The van der Waals surface area contributed by atoms with Gasteiger partial charge >= 0.3 is 0 Å². The van der Waals surface area contributed by atoms with Crippen molar-refractivity contribution in [3.8, 4) is 0 Å². The number of hydrogen-bond donors (Lipinski definition) is 1. The van der Waals surface area contributed by atoms with Crippen LogP contribution in [0, 0.1) is 5.92 Å². The summed E-state index contributed by atoms with van der Waals surface area (Å²) in [6.45, 7) is 5.69. The Morgan fingerprint density at radius 2 is 2.00 bits per heavy atom. The van der Waals surface area contributed by atoms with E-state index in [0.717, 1.165) is 12.0 Å². The van der Waals surface area contributed by atoms with Gasteiger partial charge in [-0.25, -0.2) is 0 Å². The van der Waals surface area contributed by atoms with Gasteiger partial charge in [-0.1, -0.05) is 13.8 Å². The molecule has 1 N–H and O–H groups in total. The lowest BCUT2D eigenvalue weighted by Gasteiger charge is -2.03. The molecule has 1 nitrogen and oxygen atoms in total. The molecule has 0 unspecified atom stereocenters. The van der Waals surface area contributed by atoms with Crippen LogP contribution in [-0.4, -0.2) is 12.6 Å². The van der Waals surface area contributed by atoms with Gasteiger partial charge in [0.2, 0.25) is 0 Å². The Balaban J connectivity index is 0.000000640. The molecule has 0 atom stereocenters. The second kappa shape index (κ2) is 4.13. The van der Waals surface area contributed by atoms with Gasteiger partial charge in [0.05, 0.1) is 0 Å². The van der Waals surface area contributed by atoms with E-state index < -0.39 is 0 Å². The maximum atomic E-state index is 3.46. The summed E-state index contributed by atoms with van der Waals surface area (Å²) in [7, 11) is 0. The Kier molecular flexibility index (Phi) is 4.24. The second-order valence-corrected chi connectivity index (χ2v) is 3.08. The average molecular weight is 150 g/mol. The fourth-order valence-corrected chi connectivity index (χ4v) is 0.690. The standard InChI is InChI=1S/C7H15N.ClH/c1-6(2)5-8-7-3-4-7;/h6-8H,3-5H2,1-2H3;1H. The van der Waals surface area contributed by atoms with Crippen LogP contribution in [-0.2, 0) is 0 Å². The lowest BCUT2D eigenvalue weighted by atomic mass is 10.2. The van der Waals surface area contributed by atoms with Gasteiger partial charge in [-0.05, 0) is 25.3 Å². The summed E-state index contributed by atoms with van der Waals surface area (Å²) in [5, 5.41) is 3.46. The highest BCUT2D eigenvalue weighted by Crippen LogP contribution is 2.18. The van der Waals surface area contributed by atoms with E-state index in [1.165, 1.54) is 19.4 Å². The summed E-state index contributed by atoms with van der Waals surface area (Å²) >= 11 is 0. The van der Waals surface area contributed by atoms with E-state index in [2.05, 4.69) is 19.2 Å². The van der Waals surface area contributed by atoms with Crippen molar-refractivity contribution in [1.29, 1.82) is 0 Å². The molecule has 1 aliphatic rings. The van der Waals surface area contributed by atoms with E-state index in [9.17, 15) is 0 Å². The molecule has 0 aromatic carbocycles. The lowest BCUT2D eigenvalue weighted by molar-refractivity contribution is 0.550. The molecule has 0 bridgehead atoms. The third-order valence-electron chi connectivity index (χ3n) is 1.39. The van der Waals surface area contributed by atoms with Gasteiger partial charge in [-0.15, -0.1) is 12.4 Å². The Morgan fingerprint density at radius 3 is 2.33 bits per heavy atom. The molecule has 0 aromatic rings. The molecule has 0 radical (unpaired) electrons. The van der Waals surface area contributed by atoms with Crippen molar-refractivity contribution in [3.63, 3.8) is 0 Å². The van der Waals surface area contributed by atoms with E-state index in [4.69, 9.17) is 0 Å². The first kappa shape index (κ1) is 9.25. The maximum absolute atomic E-state index is 3.46. The first-order chi connectivity index (χ1) is 3.79. The van der Waals surface area contributed by atoms with E-state index in [0.29, 0.717) is 0 Å². The topological polar surface area (TPSA) is 12.0 Å². The highest BCUT2D eigenvalue weighted by Gasteiger charge is 2.19. The first-order valence-corrected chi connectivity index (χ1v) is 3.52. The number of rotatable bonds is 3. The zero-order chi connectivity index (χ0) is 5.98. The summed E-state index contributed by atoms with van der Waals surface area (Å²) in [5.41, 5.74) is 0. The molecule has 1 saturated carbocycles. The van der Waals surface area contributed by atoms with Crippen LogP contribution in [0.5, 0.6) is 0 Å². The van der Waals surface area contributed by atoms with Crippen LogP contribution < -0.4 is 5.32 Å². The molecule has 1 aliphatic carbocycles. The normalized spacial score (nSPS) is 17.7. The second-order valence-electron chi connectivity index (χ2n) is 3.08. The number of halogens is 1. The van der Waals surface area contributed by atoms with Crippen LogP contribution in [0.15, 0.2) is 0 Å². The van der Waals surface area contributed by atoms with Crippen molar-refractivity contribution < 1.29 is 0 Å². The van der Waals surface area contributed by atoms with Gasteiger partial charge in [0.15, 0.2) is 0 Å². The quantitative estimate of drug-likeness (QED) is 0.646. The van der Waals surface area contributed by atoms with Crippen LogP contribution in [0.2, 0.25) is 0 Å². The van der Waals surface area contributed by atoms with Gasteiger partial charge in [-0.2, -0.15) is 0 Å². The molecule has 9 heavy (non-hydrogen) atoms. The third-order valence-corrected chi connectivity index (χ3v) is 1.39. The van der Waals surface area contributed by atoms with Crippen LogP contribution in [0.25, 0.3) is 0 Å². The summed E-state index contributed by atoms with van der Waals surface area (Å²) in [6.07, 6.45) is 2.82. The van der Waals surface area contributed by atoms with Crippen LogP contribution in [0.3, 0.4) is 0 Å². The molecular weight excluding hydrogens is 134 g/mol. The maximum Gasteiger partial charge on any atom is 0.00683 e. The van der Waals surface area contributed by atoms with Gasteiger partial charge in [-0.3, -0.25) is 0 Å². The third kappa shape index (κ3) is 4.73. The van der Waals surface area contributed by atoms with Gasteiger partial charge < -0.3 is 5.32 Å². The smallest absolute Gasteiger partial charge is 0.00683 e. The lowest BCUT2D eigenvalue weighted by Crippen LogP contribution is -2.21. The summed E-state index contributed by atoms with van der Waals surface area (Å²) in [5.74, 6) is 0.815. The van der Waals surface area contributed by atoms with Crippen molar-refractivity contribution in [3.05, 3.63) is 0 Å². The molecule has 0 saturated heterocycles. The fraction of sp³-hybridized carbons (Fsp3) is 1.00. The largest absolute Gasteiger partial charge is 0.314 e. The zero-order valence-corrected chi connectivity index (χ0v) is 7.00. The Labute approximate surface area is 63.6 Å². The number of nitrogens with one attached hydrogen (secondary N) is 1. The Bertz CT molecular complexity index is 67.3. The molecule has 1 rings (SSSR count). The molecule has 0 amide bonds. The zero-order valence-electron chi connectivity index (χ0n) is 6.18. The van der Waals surface area contributed by atoms with Crippen LogP contribution in [0.1, 0.15) is 26.7 Å². The Morgan fingerprint density at radius 1 is 1.44 bits per heavy atom. The summed E-state index contributed by atoms with van der Waals surface area (Å²) in [6, 6.07) is 0.886. The Hall–Kier alpha value is 0.250. The molecular formula is C7H16ClN. The molecule has 0 heterocycles. The molecule has 1 fully saturated rings. The van der Waals surface area contributed by atoms with Crippen molar-refractivity contribution in [2.75, 3.05) is 6.54 Å². The average Bonchev–Trinajstić information content (AvgIpc) is 2.41. The number of hydrogen-bond acceptors (Lipinski definition) is 1. The minimum Gasteiger partial charge on any atom is -0.314 e. The van der Waals surface area contributed by atoms with Crippen molar-refractivity contribution in [2.45, 2.75) is 32.7 Å². The van der Waals surface area contributed by atoms with E-state index in [1.807, 2.05) is 0 Å². The van der Waals surface area contributed by atoms with Crippen molar-refractivity contribution in [2.24, 2.45) is 5.92 Å². The summed E-state index contributed by atoms with van der Waals surface area (Å²) < 4.78 is 0. The van der Waals surface area contributed by atoms with Gasteiger partial charge in [0, 0.05) is 6.04 Å². The first-order valence-electron chi connectivity index (χ1n) is 3.52. The minimum absolute atomic E-state index is 0. The van der Waals surface area contributed by atoms with E-state index in [1.54, 1.807) is 0 Å². The SMILES string of the molecule is CC(C)CNC1CC1.Cl. The highest BCUT2D eigenvalue weighted by molar-refractivity contribution is 5.85. The summed E-state index contributed by atoms with van der Waals surface area (Å²) in [4.78, 5) is 0. The van der Waals surface area contributed by atoms with Gasteiger partial charge in [0.1, 0.15) is 0 Å². The van der Waals surface area contributed by atoms with E-state index in [-0.39, 0.29) is 12.4 Å². The monoisotopic (exact) mass is 149 g/mol. The predicted octanol–water partition coefficient (Wildman–Crippen LogP) is 1.82. The van der Waals surface area contributed by atoms with Crippen molar-refractivity contribution >= 4 is 12.4 Å². The molecule has 56 valence electrons. The fourth-order valence-electron chi connectivity index (χ4n) is 0.690. The van der Waals surface area contributed by atoms with E-state index >= 15 is 0 Å². The van der Waals surface area contributed by atoms with Crippen LogP contribution in [0.4, 0.5) is 0 Å². The molecule has 0 aliphatic heterocycles. The van der Waals surface area contributed by atoms with Crippen molar-refractivity contribution in [1.82, 2.24) is 5.32 Å². The minimum atomic E-state index is 0.